The van der Waals surface area contributed by atoms with E-state index in [1.807, 2.05) is 24.3 Å². The van der Waals surface area contributed by atoms with Gasteiger partial charge in [-0.2, -0.15) is 0 Å². The number of halogens is 1. The number of para-hydroxylation sites is 1. The fourth-order valence-electron chi connectivity index (χ4n) is 2.21. The molecule has 2 aromatic rings. The van der Waals surface area contributed by atoms with E-state index in [1.54, 1.807) is 5.48 Å². The van der Waals surface area contributed by atoms with Gasteiger partial charge in [-0.15, -0.1) is 0 Å². The first kappa shape index (κ1) is 16.5. The largest absolute Gasteiger partial charge is 0.369 e. The zero-order valence-corrected chi connectivity index (χ0v) is 12.9. The molecule has 0 saturated carbocycles. The van der Waals surface area contributed by atoms with Crippen LogP contribution in [-0.2, 0) is 4.79 Å². The van der Waals surface area contributed by atoms with Crippen molar-refractivity contribution in [2.45, 2.75) is 32.1 Å². The van der Waals surface area contributed by atoms with Gasteiger partial charge in [0.25, 0.3) is 0 Å². The van der Waals surface area contributed by atoms with E-state index in [0.717, 1.165) is 48.9 Å². The number of unbranched alkanes of at least 4 members (excludes halogenated alkanes) is 3. The van der Waals surface area contributed by atoms with Crippen molar-refractivity contribution in [3.05, 3.63) is 29.5 Å². The highest BCUT2D eigenvalue weighted by Gasteiger charge is 2.05. The maximum Gasteiger partial charge on any atom is 0.243 e. The third-order valence-electron chi connectivity index (χ3n) is 3.32. The Balaban J connectivity index is 1.77. The Hall–Kier alpha value is -1.92. The number of hydrogen-bond donors (Lipinski definition) is 3. The van der Waals surface area contributed by atoms with Gasteiger partial charge in [-0.05, 0) is 36.6 Å². The molecule has 0 atom stereocenters. The number of carbonyl (C=O) groups excluding carboxylic acids is 1. The van der Waals surface area contributed by atoms with Crippen molar-refractivity contribution in [1.82, 2.24) is 15.4 Å². The van der Waals surface area contributed by atoms with Crippen molar-refractivity contribution < 1.29 is 10.0 Å². The van der Waals surface area contributed by atoms with Crippen LogP contribution in [0, 0.1) is 0 Å². The lowest BCUT2D eigenvalue weighted by Crippen LogP contribution is -2.17. The van der Waals surface area contributed by atoms with Crippen molar-refractivity contribution in [3.63, 3.8) is 0 Å². The van der Waals surface area contributed by atoms with Crippen LogP contribution in [0.4, 0.5) is 5.82 Å². The molecule has 0 aliphatic heterocycles. The molecule has 2 rings (SSSR count). The molecule has 1 aromatic carbocycles. The number of rotatable bonds is 8. The van der Waals surface area contributed by atoms with Gasteiger partial charge in [0.1, 0.15) is 5.82 Å². The van der Waals surface area contributed by atoms with Gasteiger partial charge in [0, 0.05) is 18.4 Å². The quantitative estimate of drug-likeness (QED) is 0.301. The van der Waals surface area contributed by atoms with Crippen molar-refractivity contribution in [2.24, 2.45) is 0 Å². The van der Waals surface area contributed by atoms with Gasteiger partial charge in [-0.1, -0.05) is 25.0 Å². The van der Waals surface area contributed by atoms with Crippen LogP contribution < -0.4 is 10.8 Å². The van der Waals surface area contributed by atoms with Crippen molar-refractivity contribution in [3.8, 4) is 0 Å². The number of hydroxylamine groups is 1. The minimum Gasteiger partial charge on any atom is -0.369 e. The Morgan fingerprint density at radius 3 is 2.73 bits per heavy atom. The lowest BCUT2D eigenvalue weighted by atomic mass is 10.1. The van der Waals surface area contributed by atoms with Crippen LogP contribution in [0.1, 0.15) is 32.1 Å². The Kier molecular flexibility index (Phi) is 6.36. The van der Waals surface area contributed by atoms with Crippen LogP contribution in [0.25, 0.3) is 10.9 Å². The molecule has 3 N–H and O–H groups in total. The molecular weight excluding hydrogens is 304 g/mol. The molecule has 0 aliphatic rings. The summed E-state index contributed by atoms with van der Waals surface area (Å²) in [6.07, 6.45) is 4.05. The SMILES string of the molecule is O=C(CCCCCCNc1nc(Cl)nc2ccccc12)NO. The topological polar surface area (TPSA) is 87.1 Å². The summed E-state index contributed by atoms with van der Waals surface area (Å²) in [5.74, 6) is 0.412. The van der Waals surface area contributed by atoms with Crippen molar-refractivity contribution in [2.75, 3.05) is 11.9 Å². The Morgan fingerprint density at radius 1 is 1.14 bits per heavy atom. The molecular formula is C15H19ClN4O2. The fourth-order valence-corrected chi connectivity index (χ4v) is 2.39. The first-order valence-corrected chi connectivity index (χ1v) is 7.67. The number of amides is 1. The van der Waals surface area contributed by atoms with Gasteiger partial charge in [-0.25, -0.2) is 15.4 Å². The summed E-state index contributed by atoms with van der Waals surface area (Å²) in [6, 6.07) is 7.72. The van der Waals surface area contributed by atoms with Gasteiger partial charge in [0.05, 0.1) is 5.52 Å². The highest BCUT2D eigenvalue weighted by atomic mass is 35.5. The summed E-state index contributed by atoms with van der Waals surface area (Å²) in [5.41, 5.74) is 2.45. The molecule has 0 saturated heterocycles. The molecule has 6 nitrogen and oxygen atoms in total. The number of aromatic nitrogens is 2. The van der Waals surface area contributed by atoms with E-state index < -0.39 is 0 Å². The average molecular weight is 323 g/mol. The summed E-state index contributed by atoms with van der Waals surface area (Å²) >= 11 is 5.93. The molecule has 0 radical (unpaired) electrons. The number of anilines is 1. The highest BCUT2D eigenvalue weighted by Crippen LogP contribution is 2.21. The normalized spacial score (nSPS) is 10.6. The lowest BCUT2D eigenvalue weighted by molar-refractivity contribution is -0.129. The minimum atomic E-state index is -0.333. The van der Waals surface area contributed by atoms with Gasteiger partial charge in [-0.3, -0.25) is 10.0 Å². The zero-order valence-electron chi connectivity index (χ0n) is 12.2. The molecule has 1 amide bonds. The predicted octanol–water partition coefficient (Wildman–Crippen LogP) is 3.15. The summed E-state index contributed by atoms with van der Waals surface area (Å²) in [5, 5.41) is 12.8. The summed E-state index contributed by atoms with van der Waals surface area (Å²) < 4.78 is 0. The summed E-state index contributed by atoms with van der Waals surface area (Å²) in [4.78, 5) is 19.3. The summed E-state index contributed by atoms with van der Waals surface area (Å²) in [6.45, 7) is 0.781. The van der Waals surface area contributed by atoms with Crippen LogP contribution >= 0.6 is 11.6 Å². The van der Waals surface area contributed by atoms with Crippen LogP contribution in [-0.4, -0.2) is 27.6 Å². The Labute approximate surface area is 133 Å². The van der Waals surface area contributed by atoms with Gasteiger partial charge in [0.15, 0.2) is 0 Å². The second-order valence-corrected chi connectivity index (χ2v) is 5.32. The van der Waals surface area contributed by atoms with Gasteiger partial charge in [0.2, 0.25) is 11.2 Å². The lowest BCUT2D eigenvalue weighted by Gasteiger charge is -2.08. The molecule has 0 fully saturated rings. The van der Waals surface area contributed by atoms with Gasteiger partial charge >= 0.3 is 0 Å². The second kappa shape index (κ2) is 8.51. The number of nitrogens with one attached hydrogen (secondary N) is 2. The molecule has 1 aromatic heterocycles. The molecule has 0 unspecified atom stereocenters. The van der Waals surface area contributed by atoms with Crippen molar-refractivity contribution >= 4 is 34.2 Å². The highest BCUT2D eigenvalue weighted by molar-refractivity contribution is 6.28. The van der Waals surface area contributed by atoms with Crippen LogP contribution in [0.3, 0.4) is 0 Å². The zero-order chi connectivity index (χ0) is 15.8. The fraction of sp³-hybridized carbons (Fsp3) is 0.400. The van der Waals surface area contributed by atoms with E-state index in [1.165, 1.54) is 0 Å². The number of fused-ring (bicyclic) bond motifs is 1. The number of carbonyl (C=O) groups is 1. The van der Waals surface area contributed by atoms with E-state index in [2.05, 4.69) is 15.3 Å². The molecule has 0 spiro atoms. The number of benzene rings is 1. The average Bonchev–Trinajstić information content (AvgIpc) is 2.53. The minimum absolute atomic E-state index is 0.233. The molecule has 1 heterocycles. The van der Waals surface area contributed by atoms with E-state index >= 15 is 0 Å². The van der Waals surface area contributed by atoms with E-state index in [0.29, 0.717) is 6.42 Å². The molecule has 0 bridgehead atoms. The Bertz CT molecular complexity index is 636. The van der Waals surface area contributed by atoms with E-state index in [-0.39, 0.29) is 11.2 Å². The van der Waals surface area contributed by atoms with Crippen molar-refractivity contribution in [1.29, 1.82) is 0 Å². The number of nitrogens with zero attached hydrogens (tertiary/aromatic N) is 2. The maximum absolute atomic E-state index is 10.8. The maximum atomic E-state index is 10.8. The monoisotopic (exact) mass is 322 g/mol. The van der Waals surface area contributed by atoms with E-state index in [4.69, 9.17) is 16.8 Å². The third-order valence-corrected chi connectivity index (χ3v) is 3.49. The standard InChI is InChI=1S/C15H19ClN4O2/c16-15-18-12-8-5-4-7-11(12)14(19-15)17-10-6-2-1-3-9-13(21)20-22/h4-5,7-8,22H,1-3,6,9-10H2,(H,20,21)(H,17,18,19). The summed E-state index contributed by atoms with van der Waals surface area (Å²) in [7, 11) is 0. The molecule has 7 heteroatoms. The smallest absolute Gasteiger partial charge is 0.243 e. The van der Waals surface area contributed by atoms with E-state index in [9.17, 15) is 4.79 Å². The molecule has 118 valence electrons. The van der Waals surface area contributed by atoms with Gasteiger partial charge < -0.3 is 5.32 Å². The first-order valence-electron chi connectivity index (χ1n) is 7.30. The second-order valence-electron chi connectivity index (χ2n) is 4.98. The predicted molar refractivity (Wildman–Crippen MR) is 86.1 cm³/mol. The molecule has 0 aliphatic carbocycles. The first-order chi connectivity index (χ1) is 10.7. The van der Waals surface area contributed by atoms with Crippen LogP contribution in [0.15, 0.2) is 24.3 Å². The Morgan fingerprint density at radius 2 is 1.91 bits per heavy atom. The molecule has 22 heavy (non-hydrogen) atoms. The number of hydrogen-bond acceptors (Lipinski definition) is 5. The third kappa shape index (κ3) is 4.82. The van der Waals surface area contributed by atoms with Crippen LogP contribution in [0.5, 0.6) is 0 Å². The van der Waals surface area contributed by atoms with Crippen LogP contribution in [0.2, 0.25) is 5.28 Å².